The summed E-state index contributed by atoms with van der Waals surface area (Å²) in [5, 5.41) is 11.8. The molecule has 1 aromatic heterocycles. The normalized spacial score (nSPS) is 14.5. The van der Waals surface area contributed by atoms with Crippen LogP contribution in [0.1, 0.15) is 47.9 Å². The Hall–Kier alpha value is -2.93. The topological polar surface area (TPSA) is 103 Å². The van der Waals surface area contributed by atoms with Gasteiger partial charge in [-0.3, -0.25) is 9.48 Å². The van der Waals surface area contributed by atoms with Gasteiger partial charge in [0.25, 0.3) is 0 Å². The molecule has 2 aromatic rings. The van der Waals surface area contributed by atoms with Crippen molar-refractivity contribution >= 4 is 23.8 Å². The molecule has 0 unspecified atom stereocenters. The smallest absolute Gasteiger partial charge is 0.155 e. The van der Waals surface area contributed by atoms with Crippen LogP contribution in [0.2, 0.25) is 0 Å². The molecule has 0 fully saturated rings. The molecule has 0 bridgehead atoms. The zero-order valence-corrected chi connectivity index (χ0v) is 15.6. The van der Waals surface area contributed by atoms with Gasteiger partial charge in [0.2, 0.25) is 0 Å². The fraction of sp³-hybridized carbons (Fsp3) is 0.350. The van der Waals surface area contributed by atoms with Gasteiger partial charge in [0.1, 0.15) is 12.4 Å². The maximum atomic E-state index is 11.5. The van der Waals surface area contributed by atoms with Gasteiger partial charge < -0.3 is 20.6 Å². The molecule has 2 heterocycles. The molecule has 0 amide bonds. The van der Waals surface area contributed by atoms with Crippen molar-refractivity contribution in [1.82, 2.24) is 9.78 Å². The summed E-state index contributed by atoms with van der Waals surface area (Å²) in [6.45, 7) is 5.65. The number of nitrogens with two attached hydrogens (primary N) is 1. The fourth-order valence-electron chi connectivity index (χ4n) is 3.17. The number of carbonyl (C=O) groups excluding carboxylic acids is 1. The van der Waals surface area contributed by atoms with E-state index >= 15 is 0 Å². The van der Waals surface area contributed by atoms with E-state index < -0.39 is 0 Å². The van der Waals surface area contributed by atoms with E-state index in [1.165, 1.54) is 0 Å². The van der Waals surface area contributed by atoms with Crippen LogP contribution >= 0.6 is 0 Å². The van der Waals surface area contributed by atoms with Gasteiger partial charge >= 0.3 is 0 Å². The summed E-state index contributed by atoms with van der Waals surface area (Å²) < 4.78 is 13.6. The predicted molar refractivity (Wildman–Crippen MR) is 105 cm³/mol. The number of carbonyl (C=O) groups is 1. The second-order valence-corrected chi connectivity index (χ2v) is 6.67. The van der Waals surface area contributed by atoms with Crippen molar-refractivity contribution in [1.29, 1.82) is 5.41 Å². The van der Waals surface area contributed by atoms with Gasteiger partial charge in [-0.15, -0.1) is 0 Å². The van der Waals surface area contributed by atoms with Crippen LogP contribution in [0.5, 0.6) is 5.75 Å². The number of aromatic nitrogens is 2. The molecule has 0 saturated carbocycles. The number of hydrogen-bond donors (Lipinski definition) is 2. The Balaban J connectivity index is 1.90. The zero-order valence-electron chi connectivity index (χ0n) is 15.6. The van der Waals surface area contributed by atoms with Gasteiger partial charge in [-0.05, 0) is 44.0 Å². The van der Waals surface area contributed by atoms with Crippen molar-refractivity contribution in [3.63, 3.8) is 0 Å². The van der Waals surface area contributed by atoms with E-state index in [0.717, 1.165) is 29.5 Å². The summed E-state index contributed by atoms with van der Waals surface area (Å²) >= 11 is 0. The molecule has 0 atom stereocenters. The third kappa shape index (κ3) is 3.78. The van der Waals surface area contributed by atoms with Crippen molar-refractivity contribution in [2.45, 2.75) is 26.3 Å². The molecule has 7 nitrogen and oxygen atoms in total. The Kier molecular flexibility index (Phi) is 5.71. The number of benzene rings is 1. The second-order valence-electron chi connectivity index (χ2n) is 6.67. The van der Waals surface area contributed by atoms with E-state index in [-0.39, 0.29) is 17.3 Å². The van der Waals surface area contributed by atoms with Gasteiger partial charge in [0.05, 0.1) is 30.2 Å². The Bertz CT molecular complexity index is 883. The lowest BCUT2D eigenvalue weighted by molar-refractivity contribution is 0.112. The molecule has 27 heavy (non-hydrogen) atoms. The Morgan fingerprint density at radius 2 is 2.22 bits per heavy atom. The first-order valence-electron chi connectivity index (χ1n) is 8.90. The van der Waals surface area contributed by atoms with E-state index in [1.54, 1.807) is 18.3 Å². The standard InChI is InChI=1S/C20H24N4O3/c1-13(2)24-18(5-7-23-24)17-12-26-8-6-15(17)11-27-19-4-3-14(9-21)20(22)16(19)10-25/h3-5,7,9-10,13,21H,6,8,11-12,22H2,1-2H3. The third-order valence-corrected chi connectivity index (χ3v) is 4.65. The van der Waals surface area contributed by atoms with Crippen molar-refractivity contribution < 1.29 is 14.3 Å². The van der Waals surface area contributed by atoms with Crippen LogP contribution in [0.25, 0.3) is 5.57 Å². The molecule has 0 spiro atoms. The minimum absolute atomic E-state index is 0.238. The first-order chi connectivity index (χ1) is 13.1. The summed E-state index contributed by atoms with van der Waals surface area (Å²) in [5.41, 5.74) is 10.2. The highest BCUT2D eigenvalue weighted by molar-refractivity contribution is 5.96. The summed E-state index contributed by atoms with van der Waals surface area (Å²) in [7, 11) is 0. The van der Waals surface area contributed by atoms with Crippen LogP contribution in [-0.2, 0) is 4.74 Å². The highest BCUT2D eigenvalue weighted by atomic mass is 16.5. The number of hydrogen-bond acceptors (Lipinski definition) is 6. The minimum atomic E-state index is 0.238. The molecule has 0 radical (unpaired) electrons. The molecular weight excluding hydrogens is 344 g/mol. The number of nitrogens with one attached hydrogen (secondary N) is 1. The number of anilines is 1. The Morgan fingerprint density at radius 3 is 2.93 bits per heavy atom. The van der Waals surface area contributed by atoms with Gasteiger partial charge in [-0.2, -0.15) is 5.10 Å². The molecule has 3 N–H and O–H groups in total. The lowest BCUT2D eigenvalue weighted by Gasteiger charge is -2.23. The highest BCUT2D eigenvalue weighted by Gasteiger charge is 2.20. The van der Waals surface area contributed by atoms with Crippen molar-refractivity contribution in [3.8, 4) is 5.75 Å². The monoisotopic (exact) mass is 368 g/mol. The molecule has 3 rings (SSSR count). The van der Waals surface area contributed by atoms with Gasteiger partial charge in [0, 0.05) is 29.6 Å². The zero-order chi connectivity index (χ0) is 19.4. The summed E-state index contributed by atoms with van der Waals surface area (Å²) in [5.74, 6) is 0.420. The maximum absolute atomic E-state index is 11.5. The van der Waals surface area contributed by atoms with Crippen molar-refractivity contribution in [2.75, 3.05) is 25.6 Å². The summed E-state index contributed by atoms with van der Waals surface area (Å²) in [6.07, 6.45) is 4.34. The van der Waals surface area contributed by atoms with Crippen molar-refractivity contribution in [3.05, 3.63) is 46.8 Å². The second kappa shape index (κ2) is 8.18. The molecule has 7 heteroatoms. The maximum Gasteiger partial charge on any atom is 0.155 e. The number of rotatable bonds is 7. The highest BCUT2D eigenvalue weighted by Crippen LogP contribution is 2.30. The Morgan fingerprint density at radius 1 is 1.41 bits per heavy atom. The van der Waals surface area contributed by atoms with Crippen LogP contribution < -0.4 is 10.5 Å². The number of nitrogen functional groups attached to an aromatic ring is 1. The SMILES string of the molecule is CC(C)n1nccc1C1=C(COc2ccc(C=N)c(N)c2C=O)CCOC1. The van der Waals surface area contributed by atoms with Crippen molar-refractivity contribution in [2.24, 2.45) is 0 Å². The lowest BCUT2D eigenvalue weighted by atomic mass is 10.0. The molecule has 1 aromatic carbocycles. The average Bonchev–Trinajstić information content (AvgIpc) is 3.16. The van der Waals surface area contributed by atoms with Crippen LogP contribution in [-0.4, -0.2) is 42.1 Å². The molecule has 142 valence electrons. The predicted octanol–water partition coefficient (Wildman–Crippen LogP) is 3.11. The molecule has 0 saturated heterocycles. The van der Waals surface area contributed by atoms with Gasteiger partial charge in [-0.1, -0.05) is 0 Å². The average molecular weight is 368 g/mol. The van der Waals surface area contributed by atoms with E-state index in [2.05, 4.69) is 18.9 Å². The summed E-state index contributed by atoms with van der Waals surface area (Å²) in [6, 6.07) is 5.58. The van der Waals surface area contributed by atoms with Crippen LogP contribution in [0.3, 0.4) is 0 Å². The van der Waals surface area contributed by atoms with Gasteiger partial charge in [-0.25, -0.2) is 0 Å². The molecule has 1 aliphatic rings. The fourth-order valence-corrected chi connectivity index (χ4v) is 3.17. The van der Waals surface area contributed by atoms with Gasteiger partial charge in [0.15, 0.2) is 6.29 Å². The molecule has 0 aliphatic carbocycles. The molecule has 1 aliphatic heterocycles. The largest absolute Gasteiger partial charge is 0.488 e. The summed E-state index contributed by atoms with van der Waals surface area (Å²) in [4.78, 5) is 11.5. The van der Waals surface area contributed by atoms with Crippen LogP contribution in [0, 0.1) is 5.41 Å². The van der Waals surface area contributed by atoms with E-state index in [1.807, 2.05) is 10.7 Å². The Labute approximate surface area is 158 Å². The molecular formula is C20H24N4O3. The van der Waals surface area contributed by atoms with E-state index in [9.17, 15) is 4.79 Å². The van der Waals surface area contributed by atoms with Crippen LogP contribution in [0.4, 0.5) is 5.69 Å². The van der Waals surface area contributed by atoms with Crippen LogP contribution in [0.15, 0.2) is 30.0 Å². The number of aldehydes is 1. The quantitative estimate of drug-likeness (QED) is 0.444. The first-order valence-corrected chi connectivity index (χ1v) is 8.90. The van der Waals surface area contributed by atoms with E-state index in [4.69, 9.17) is 20.6 Å². The number of ether oxygens (including phenoxy) is 2. The first kappa shape index (κ1) is 18.8. The minimum Gasteiger partial charge on any atom is -0.488 e. The third-order valence-electron chi connectivity index (χ3n) is 4.65. The number of nitrogens with zero attached hydrogens (tertiary/aromatic N) is 2. The van der Waals surface area contributed by atoms with E-state index in [0.29, 0.717) is 37.4 Å². The lowest BCUT2D eigenvalue weighted by Crippen LogP contribution is -2.18.